The average molecular weight is 187 g/mol. The summed E-state index contributed by atoms with van der Waals surface area (Å²) in [6.07, 6.45) is 0.975. The quantitative estimate of drug-likeness (QED) is 0.683. The first-order valence-corrected chi connectivity index (χ1v) is 5.12. The minimum Gasteiger partial charge on any atom is -0.388 e. The van der Waals surface area contributed by atoms with Crippen molar-refractivity contribution in [3.8, 4) is 0 Å². The average Bonchev–Trinajstić information content (AvgIpc) is 2.56. The molecular weight excluding hydrogens is 166 g/mol. The van der Waals surface area contributed by atoms with E-state index in [1.165, 1.54) is 0 Å². The number of aliphatic hydroxyl groups is 1. The molecular formula is C10H21NO2. The van der Waals surface area contributed by atoms with Gasteiger partial charge in [0.15, 0.2) is 0 Å². The Kier molecular flexibility index (Phi) is 3.71. The van der Waals surface area contributed by atoms with Gasteiger partial charge in [0.05, 0.1) is 12.2 Å². The van der Waals surface area contributed by atoms with Gasteiger partial charge in [0.25, 0.3) is 0 Å². The Morgan fingerprint density at radius 2 is 2.38 bits per heavy atom. The molecule has 13 heavy (non-hydrogen) atoms. The number of rotatable bonds is 4. The van der Waals surface area contributed by atoms with Gasteiger partial charge in [0.2, 0.25) is 0 Å². The first-order chi connectivity index (χ1) is 6.09. The van der Waals surface area contributed by atoms with Crippen LogP contribution < -0.4 is 5.32 Å². The molecule has 3 nitrogen and oxygen atoms in total. The molecule has 0 spiro atoms. The largest absolute Gasteiger partial charge is 0.388 e. The van der Waals surface area contributed by atoms with Crippen molar-refractivity contribution >= 4 is 0 Å². The van der Waals surface area contributed by atoms with Gasteiger partial charge in [-0.25, -0.2) is 0 Å². The maximum atomic E-state index is 10.3. The van der Waals surface area contributed by atoms with E-state index in [0.717, 1.165) is 19.6 Å². The van der Waals surface area contributed by atoms with Gasteiger partial charge in [-0.3, -0.25) is 0 Å². The highest BCUT2D eigenvalue weighted by Gasteiger charge is 2.38. The van der Waals surface area contributed by atoms with Gasteiger partial charge < -0.3 is 15.2 Å². The molecule has 0 saturated carbocycles. The Morgan fingerprint density at radius 3 is 2.85 bits per heavy atom. The summed E-state index contributed by atoms with van der Waals surface area (Å²) >= 11 is 0. The summed E-state index contributed by atoms with van der Waals surface area (Å²) in [6, 6.07) is 0.129. The van der Waals surface area contributed by atoms with Crippen LogP contribution in [-0.4, -0.2) is 36.5 Å². The molecule has 0 aromatic rings. The van der Waals surface area contributed by atoms with Gasteiger partial charge in [-0.2, -0.15) is 0 Å². The summed E-state index contributed by atoms with van der Waals surface area (Å²) < 4.78 is 5.28. The van der Waals surface area contributed by atoms with E-state index in [0.29, 0.717) is 6.61 Å². The van der Waals surface area contributed by atoms with E-state index < -0.39 is 5.60 Å². The fourth-order valence-corrected chi connectivity index (χ4v) is 1.86. The molecule has 0 aromatic carbocycles. The van der Waals surface area contributed by atoms with Crippen LogP contribution in [0.15, 0.2) is 0 Å². The molecule has 1 aliphatic rings. The molecule has 0 aromatic heterocycles. The van der Waals surface area contributed by atoms with Crippen LogP contribution in [0.1, 0.15) is 27.2 Å². The van der Waals surface area contributed by atoms with Crippen molar-refractivity contribution in [3.05, 3.63) is 0 Å². The summed E-state index contributed by atoms with van der Waals surface area (Å²) in [5.74, 6) is 0.279. The third-order valence-corrected chi connectivity index (χ3v) is 3.14. The Hall–Kier alpha value is -0.120. The van der Waals surface area contributed by atoms with Crippen molar-refractivity contribution in [2.75, 3.05) is 19.8 Å². The standard InChI is InChI=1S/C10H21NO2/c1-4-11-8(2)10(3,12)9-5-6-13-7-9/h8-9,11-12H,4-7H2,1-3H3. The fraction of sp³-hybridized carbons (Fsp3) is 1.00. The summed E-state index contributed by atoms with van der Waals surface area (Å²) in [4.78, 5) is 0. The summed E-state index contributed by atoms with van der Waals surface area (Å²) in [7, 11) is 0. The van der Waals surface area contributed by atoms with Gasteiger partial charge in [-0.15, -0.1) is 0 Å². The smallest absolute Gasteiger partial charge is 0.0820 e. The Labute approximate surface area is 80.5 Å². The Balaban J connectivity index is 2.51. The van der Waals surface area contributed by atoms with Gasteiger partial charge >= 0.3 is 0 Å². The van der Waals surface area contributed by atoms with E-state index in [4.69, 9.17) is 4.74 Å². The molecule has 0 radical (unpaired) electrons. The second kappa shape index (κ2) is 4.40. The fourth-order valence-electron chi connectivity index (χ4n) is 1.86. The molecule has 0 bridgehead atoms. The predicted molar refractivity (Wildman–Crippen MR) is 52.7 cm³/mol. The van der Waals surface area contributed by atoms with Crippen LogP contribution in [0.5, 0.6) is 0 Å². The monoisotopic (exact) mass is 187 g/mol. The minimum absolute atomic E-state index is 0.129. The summed E-state index contributed by atoms with van der Waals surface area (Å²) in [6.45, 7) is 8.37. The molecule has 2 N–H and O–H groups in total. The minimum atomic E-state index is -0.646. The van der Waals surface area contributed by atoms with Crippen molar-refractivity contribution in [3.63, 3.8) is 0 Å². The van der Waals surface area contributed by atoms with Crippen LogP contribution in [0.3, 0.4) is 0 Å². The topological polar surface area (TPSA) is 41.5 Å². The molecule has 3 unspecified atom stereocenters. The molecule has 0 aliphatic carbocycles. The zero-order valence-corrected chi connectivity index (χ0v) is 8.84. The second-order valence-corrected chi connectivity index (χ2v) is 4.07. The number of nitrogens with one attached hydrogen (secondary N) is 1. The molecule has 3 heteroatoms. The first-order valence-electron chi connectivity index (χ1n) is 5.12. The maximum Gasteiger partial charge on any atom is 0.0820 e. The van der Waals surface area contributed by atoms with Crippen molar-refractivity contribution in [2.45, 2.75) is 38.8 Å². The predicted octanol–water partition coefficient (Wildman–Crippen LogP) is 0.772. The summed E-state index contributed by atoms with van der Waals surface area (Å²) in [5, 5.41) is 13.5. The Bertz CT molecular complexity index is 153. The molecule has 1 heterocycles. The van der Waals surface area contributed by atoms with Gasteiger partial charge in [-0.1, -0.05) is 6.92 Å². The van der Waals surface area contributed by atoms with Crippen LogP contribution in [0.2, 0.25) is 0 Å². The molecule has 1 fully saturated rings. The van der Waals surface area contributed by atoms with Crippen molar-refractivity contribution in [1.29, 1.82) is 0 Å². The van der Waals surface area contributed by atoms with Crippen molar-refractivity contribution in [2.24, 2.45) is 5.92 Å². The van der Waals surface area contributed by atoms with Crippen molar-refractivity contribution in [1.82, 2.24) is 5.32 Å². The Morgan fingerprint density at radius 1 is 1.69 bits per heavy atom. The molecule has 1 rings (SSSR count). The van der Waals surface area contributed by atoms with E-state index in [1.807, 2.05) is 13.8 Å². The molecule has 3 atom stereocenters. The molecule has 0 amide bonds. The zero-order chi connectivity index (χ0) is 9.90. The van der Waals surface area contributed by atoms with Crippen LogP contribution in [0, 0.1) is 5.92 Å². The highest BCUT2D eigenvalue weighted by Crippen LogP contribution is 2.28. The van der Waals surface area contributed by atoms with Gasteiger partial charge in [-0.05, 0) is 26.8 Å². The lowest BCUT2D eigenvalue weighted by Crippen LogP contribution is -2.52. The number of ether oxygens (including phenoxy) is 1. The number of likely N-dealkylation sites (N-methyl/N-ethyl adjacent to an activating group) is 1. The van der Waals surface area contributed by atoms with Crippen LogP contribution in [0.25, 0.3) is 0 Å². The SMILES string of the molecule is CCNC(C)C(C)(O)C1CCOC1. The lowest BCUT2D eigenvalue weighted by atomic mass is 9.83. The third-order valence-electron chi connectivity index (χ3n) is 3.14. The van der Waals surface area contributed by atoms with Crippen LogP contribution >= 0.6 is 0 Å². The van der Waals surface area contributed by atoms with Crippen LogP contribution in [0.4, 0.5) is 0 Å². The lowest BCUT2D eigenvalue weighted by molar-refractivity contribution is -0.0319. The molecule has 1 aliphatic heterocycles. The van der Waals surface area contributed by atoms with Gasteiger partial charge in [0, 0.05) is 18.6 Å². The summed E-state index contributed by atoms with van der Waals surface area (Å²) in [5.41, 5.74) is -0.646. The van der Waals surface area contributed by atoms with E-state index >= 15 is 0 Å². The number of hydrogen-bond acceptors (Lipinski definition) is 3. The molecule has 1 saturated heterocycles. The van der Waals surface area contributed by atoms with Crippen LogP contribution in [-0.2, 0) is 4.74 Å². The highest BCUT2D eigenvalue weighted by atomic mass is 16.5. The second-order valence-electron chi connectivity index (χ2n) is 4.07. The van der Waals surface area contributed by atoms with Crippen molar-refractivity contribution < 1.29 is 9.84 Å². The van der Waals surface area contributed by atoms with E-state index in [2.05, 4.69) is 12.2 Å². The maximum absolute atomic E-state index is 10.3. The van der Waals surface area contributed by atoms with E-state index in [9.17, 15) is 5.11 Å². The van der Waals surface area contributed by atoms with E-state index in [-0.39, 0.29) is 12.0 Å². The lowest BCUT2D eigenvalue weighted by Gasteiger charge is -2.35. The number of hydrogen-bond donors (Lipinski definition) is 2. The third kappa shape index (κ3) is 2.42. The highest BCUT2D eigenvalue weighted by molar-refractivity contribution is 4.92. The van der Waals surface area contributed by atoms with Gasteiger partial charge in [0.1, 0.15) is 0 Å². The van der Waals surface area contributed by atoms with E-state index in [1.54, 1.807) is 0 Å². The molecule has 78 valence electrons. The normalized spacial score (nSPS) is 30.0. The first kappa shape index (κ1) is 11.0. The zero-order valence-electron chi connectivity index (χ0n) is 8.84.